The minimum absolute atomic E-state index is 0.214. The lowest BCUT2D eigenvalue weighted by molar-refractivity contribution is -0.141. The summed E-state index contributed by atoms with van der Waals surface area (Å²) in [6.07, 6.45) is -4.58. The number of alkyl halides is 3. The molecule has 148 valence electrons. The first kappa shape index (κ1) is 20.2. The van der Waals surface area contributed by atoms with Crippen molar-refractivity contribution < 1.29 is 27.5 Å². The first-order valence-electron chi connectivity index (χ1n) is 7.82. The van der Waals surface area contributed by atoms with Crippen molar-refractivity contribution in [2.75, 3.05) is 12.4 Å². The predicted octanol–water partition coefficient (Wildman–Crippen LogP) is 4.50. The van der Waals surface area contributed by atoms with E-state index in [0.717, 1.165) is 22.1 Å². The number of ether oxygens (including phenoxy) is 1. The number of thiophene rings is 1. The van der Waals surface area contributed by atoms with Crippen LogP contribution in [0.1, 0.15) is 21.1 Å². The summed E-state index contributed by atoms with van der Waals surface area (Å²) in [6.45, 7) is 1.06. The molecule has 0 saturated carbocycles. The number of hydrogen-bond donors (Lipinski definition) is 1. The number of aromatic nitrogens is 2. The van der Waals surface area contributed by atoms with E-state index in [0.29, 0.717) is 15.8 Å². The number of carbonyl (C=O) groups excluding carboxylic acids is 2. The largest absolute Gasteiger partial charge is 0.465 e. The van der Waals surface area contributed by atoms with E-state index in [1.807, 2.05) is 0 Å². The fourth-order valence-electron chi connectivity index (χ4n) is 2.51. The topological polar surface area (TPSA) is 73.2 Å². The smallest absolute Gasteiger partial charge is 0.435 e. The number of fused-ring (bicyclic) bond motifs is 1. The van der Waals surface area contributed by atoms with E-state index < -0.39 is 23.7 Å². The number of esters is 1. The van der Waals surface area contributed by atoms with E-state index in [-0.39, 0.29) is 22.1 Å². The minimum Gasteiger partial charge on any atom is -0.465 e. The van der Waals surface area contributed by atoms with Crippen LogP contribution in [-0.4, -0.2) is 28.8 Å². The molecular weight excluding hydrogens is 419 g/mol. The van der Waals surface area contributed by atoms with Crippen LogP contribution in [-0.2, 0) is 22.3 Å². The molecule has 11 heteroatoms. The van der Waals surface area contributed by atoms with Crippen molar-refractivity contribution in [3.63, 3.8) is 0 Å². The standard InChI is InChI=1S/C17H13ClF3N3O3S/c1-8-5-12(17(19,20)21)23-24(8)7-13(25)22-9-3-4-10-11(6-9)28-15(14(10)18)16(26)27-2/h3-6H,7H2,1-2H3,(H,22,25). The molecule has 1 aromatic carbocycles. The molecule has 1 amide bonds. The number of methoxy groups -OCH3 is 1. The zero-order valence-corrected chi connectivity index (χ0v) is 16.1. The number of benzene rings is 1. The highest BCUT2D eigenvalue weighted by molar-refractivity contribution is 7.21. The number of halogens is 4. The Morgan fingerprint density at radius 3 is 2.64 bits per heavy atom. The molecule has 0 unspecified atom stereocenters. The van der Waals surface area contributed by atoms with Crippen LogP contribution in [0.5, 0.6) is 0 Å². The van der Waals surface area contributed by atoms with Crippen molar-refractivity contribution in [1.29, 1.82) is 0 Å². The minimum atomic E-state index is -4.58. The van der Waals surface area contributed by atoms with Crippen LogP contribution < -0.4 is 5.32 Å². The normalized spacial score (nSPS) is 11.6. The molecule has 3 rings (SSSR count). The number of aryl methyl sites for hydroxylation is 1. The quantitative estimate of drug-likeness (QED) is 0.617. The molecule has 1 N–H and O–H groups in total. The number of anilines is 1. The first-order valence-corrected chi connectivity index (χ1v) is 9.01. The fourth-order valence-corrected chi connectivity index (χ4v) is 3.98. The van der Waals surface area contributed by atoms with Gasteiger partial charge in [-0.1, -0.05) is 11.6 Å². The lowest BCUT2D eigenvalue weighted by Gasteiger charge is -2.07. The summed E-state index contributed by atoms with van der Waals surface area (Å²) in [5.41, 5.74) is -0.429. The van der Waals surface area contributed by atoms with Gasteiger partial charge < -0.3 is 10.1 Å². The van der Waals surface area contributed by atoms with Gasteiger partial charge in [0.15, 0.2) is 5.69 Å². The molecule has 0 radical (unpaired) electrons. The molecule has 0 fully saturated rings. The number of nitrogens with one attached hydrogen (secondary N) is 1. The van der Waals surface area contributed by atoms with Gasteiger partial charge in [-0.15, -0.1) is 11.3 Å². The molecule has 0 spiro atoms. The number of nitrogens with zero attached hydrogens (tertiary/aromatic N) is 2. The summed E-state index contributed by atoms with van der Waals surface area (Å²) < 4.78 is 44.4. The van der Waals surface area contributed by atoms with E-state index in [4.69, 9.17) is 11.6 Å². The van der Waals surface area contributed by atoms with Gasteiger partial charge in [0.1, 0.15) is 11.4 Å². The second kappa shape index (κ2) is 7.44. The zero-order valence-electron chi connectivity index (χ0n) is 14.6. The van der Waals surface area contributed by atoms with Crippen LogP contribution in [0.2, 0.25) is 5.02 Å². The molecule has 2 heterocycles. The molecular formula is C17H13ClF3N3O3S. The Morgan fingerprint density at radius 1 is 1.32 bits per heavy atom. The Hall–Kier alpha value is -2.59. The molecule has 3 aromatic rings. The van der Waals surface area contributed by atoms with Crippen molar-refractivity contribution in [2.24, 2.45) is 0 Å². The lowest BCUT2D eigenvalue weighted by Crippen LogP contribution is -2.20. The van der Waals surface area contributed by atoms with Crippen molar-refractivity contribution in [3.05, 3.63) is 45.6 Å². The highest BCUT2D eigenvalue weighted by atomic mass is 35.5. The highest BCUT2D eigenvalue weighted by Gasteiger charge is 2.34. The maximum Gasteiger partial charge on any atom is 0.435 e. The van der Waals surface area contributed by atoms with E-state index in [1.54, 1.807) is 18.2 Å². The summed E-state index contributed by atoms with van der Waals surface area (Å²) in [5, 5.41) is 6.90. The molecule has 0 atom stereocenters. The molecule has 28 heavy (non-hydrogen) atoms. The summed E-state index contributed by atoms with van der Waals surface area (Å²) >= 11 is 7.28. The molecule has 0 bridgehead atoms. The number of amides is 1. The van der Waals surface area contributed by atoms with Crippen LogP contribution >= 0.6 is 22.9 Å². The van der Waals surface area contributed by atoms with E-state index >= 15 is 0 Å². The first-order chi connectivity index (χ1) is 13.1. The van der Waals surface area contributed by atoms with E-state index in [2.05, 4.69) is 15.2 Å². The SMILES string of the molecule is COC(=O)c1sc2cc(NC(=O)Cn3nc(C(F)(F)F)cc3C)ccc2c1Cl. The summed E-state index contributed by atoms with van der Waals surface area (Å²) in [4.78, 5) is 24.2. The Morgan fingerprint density at radius 2 is 2.04 bits per heavy atom. The molecule has 0 aliphatic rings. The van der Waals surface area contributed by atoms with Crippen molar-refractivity contribution in [1.82, 2.24) is 9.78 Å². The second-order valence-corrected chi connectivity index (χ2v) is 7.25. The maximum atomic E-state index is 12.7. The van der Waals surface area contributed by atoms with Crippen LogP contribution in [0.3, 0.4) is 0 Å². The van der Waals surface area contributed by atoms with E-state index in [9.17, 15) is 22.8 Å². The zero-order chi connectivity index (χ0) is 20.6. The van der Waals surface area contributed by atoms with Gasteiger partial charge in [-0.05, 0) is 31.2 Å². The molecule has 0 saturated heterocycles. The Bertz CT molecular complexity index is 1070. The Balaban J connectivity index is 1.78. The van der Waals surface area contributed by atoms with Crippen molar-refractivity contribution in [2.45, 2.75) is 19.6 Å². The van der Waals surface area contributed by atoms with Gasteiger partial charge in [0.05, 0.1) is 12.1 Å². The number of hydrogen-bond acceptors (Lipinski definition) is 5. The van der Waals surface area contributed by atoms with Gasteiger partial charge in [0, 0.05) is 21.5 Å². The predicted molar refractivity (Wildman–Crippen MR) is 98.8 cm³/mol. The van der Waals surface area contributed by atoms with Crippen molar-refractivity contribution in [3.8, 4) is 0 Å². The van der Waals surface area contributed by atoms with Gasteiger partial charge in [0.2, 0.25) is 5.91 Å². The van der Waals surface area contributed by atoms with Crippen LogP contribution in [0.15, 0.2) is 24.3 Å². The third-order valence-corrected chi connectivity index (χ3v) is 5.49. The number of carbonyl (C=O) groups is 2. The van der Waals surface area contributed by atoms with Gasteiger partial charge >= 0.3 is 12.1 Å². The third-order valence-electron chi connectivity index (χ3n) is 3.85. The summed E-state index contributed by atoms with van der Waals surface area (Å²) in [5.74, 6) is -1.11. The molecule has 2 aromatic heterocycles. The van der Waals surface area contributed by atoms with Crippen LogP contribution in [0.25, 0.3) is 10.1 Å². The Labute approximate surface area is 165 Å². The van der Waals surface area contributed by atoms with Gasteiger partial charge in [-0.25, -0.2) is 4.79 Å². The summed E-state index contributed by atoms with van der Waals surface area (Å²) in [6, 6.07) is 5.71. The molecule has 0 aliphatic carbocycles. The monoisotopic (exact) mass is 431 g/mol. The van der Waals surface area contributed by atoms with E-state index in [1.165, 1.54) is 14.0 Å². The van der Waals surface area contributed by atoms with Crippen LogP contribution in [0.4, 0.5) is 18.9 Å². The molecule has 6 nitrogen and oxygen atoms in total. The van der Waals surface area contributed by atoms with Gasteiger partial charge in [0.25, 0.3) is 0 Å². The fraction of sp³-hybridized carbons (Fsp3) is 0.235. The lowest BCUT2D eigenvalue weighted by atomic mass is 10.2. The molecule has 0 aliphatic heterocycles. The third kappa shape index (κ3) is 3.97. The average Bonchev–Trinajstić information content (AvgIpc) is 3.14. The average molecular weight is 432 g/mol. The highest BCUT2D eigenvalue weighted by Crippen LogP contribution is 2.37. The number of rotatable bonds is 4. The Kier molecular flexibility index (Phi) is 5.35. The van der Waals surface area contributed by atoms with Gasteiger partial charge in [-0.2, -0.15) is 18.3 Å². The second-order valence-electron chi connectivity index (χ2n) is 5.82. The van der Waals surface area contributed by atoms with Crippen molar-refractivity contribution >= 4 is 50.6 Å². The van der Waals surface area contributed by atoms with Gasteiger partial charge in [-0.3, -0.25) is 9.48 Å². The van der Waals surface area contributed by atoms with Crippen LogP contribution in [0, 0.1) is 6.92 Å². The maximum absolute atomic E-state index is 12.7. The summed E-state index contributed by atoms with van der Waals surface area (Å²) in [7, 11) is 1.25.